The summed E-state index contributed by atoms with van der Waals surface area (Å²) in [6, 6.07) is 15.9. The zero-order valence-electron chi connectivity index (χ0n) is 21.6. The Morgan fingerprint density at radius 1 is 1.03 bits per heavy atom. The van der Waals surface area contributed by atoms with E-state index < -0.39 is 5.82 Å². The fraction of sp³-hybridized carbons (Fsp3) is 0.276. The average Bonchev–Trinajstić information content (AvgIpc) is 3.58. The second kappa shape index (κ2) is 10.7. The van der Waals surface area contributed by atoms with Gasteiger partial charge in [-0.25, -0.2) is 19.0 Å². The quantitative estimate of drug-likeness (QED) is 0.273. The first-order chi connectivity index (χ1) is 19.1. The molecule has 39 heavy (non-hydrogen) atoms. The summed E-state index contributed by atoms with van der Waals surface area (Å²) in [5.41, 5.74) is 9.55. The maximum absolute atomic E-state index is 14.4. The maximum Gasteiger partial charge on any atom is 0.164 e. The van der Waals surface area contributed by atoms with Crippen LogP contribution < -0.4 is 15.2 Å². The summed E-state index contributed by atoms with van der Waals surface area (Å²) in [7, 11) is 0. The van der Waals surface area contributed by atoms with Gasteiger partial charge in [0.1, 0.15) is 47.5 Å². The fourth-order valence-electron chi connectivity index (χ4n) is 4.92. The molecule has 0 amide bonds. The summed E-state index contributed by atoms with van der Waals surface area (Å²) in [4.78, 5) is 8.69. The molecule has 0 aliphatic carbocycles. The molecule has 2 aromatic carbocycles. The molecule has 2 N–H and O–H groups in total. The van der Waals surface area contributed by atoms with E-state index in [0.717, 1.165) is 36.0 Å². The summed E-state index contributed by atoms with van der Waals surface area (Å²) < 4.78 is 35.7. The van der Waals surface area contributed by atoms with Crippen LogP contribution >= 0.6 is 0 Å². The van der Waals surface area contributed by atoms with Crippen molar-refractivity contribution in [1.29, 1.82) is 0 Å². The summed E-state index contributed by atoms with van der Waals surface area (Å²) in [6.45, 7) is 4.61. The number of nitrogens with two attached hydrogens (primary N) is 1. The molecular formula is C29H29FN6O3. The predicted molar refractivity (Wildman–Crippen MR) is 145 cm³/mol. The van der Waals surface area contributed by atoms with Crippen LogP contribution in [-0.4, -0.2) is 37.5 Å². The highest BCUT2D eigenvalue weighted by Crippen LogP contribution is 2.35. The maximum atomic E-state index is 14.4. The summed E-state index contributed by atoms with van der Waals surface area (Å²) >= 11 is 0. The van der Waals surface area contributed by atoms with Gasteiger partial charge in [0.05, 0.1) is 17.1 Å². The van der Waals surface area contributed by atoms with Crippen LogP contribution in [0.25, 0.3) is 22.3 Å². The minimum absolute atomic E-state index is 0.183. The first-order valence-electron chi connectivity index (χ1n) is 13.0. The zero-order chi connectivity index (χ0) is 26.8. The molecule has 0 atom stereocenters. The number of benzene rings is 2. The van der Waals surface area contributed by atoms with Crippen molar-refractivity contribution >= 4 is 16.9 Å². The molecule has 0 spiro atoms. The van der Waals surface area contributed by atoms with Crippen LogP contribution in [0.2, 0.25) is 0 Å². The van der Waals surface area contributed by atoms with Crippen LogP contribution in [0.3, 0.4) is 0 Å². The number of nitrogen functional groups attached to an aromatic ring is 1. The van der Waals surface area contributed by atoms with E-state index in [2.05, 4.69) is 21.5 Å². The van der Waals surface area contributed by atoms with Gasteiger partial charge >= 0.3 is 0 Å². The van der Waals surface area contributed by atoms with Gasteiger partial charge in [-0.3, -0.25) is 0 Å². The lowest BCUT2D eigenvalue weighted by Gasteiger charge is -2.22. The molecule has 5 aromatic rings. The SMILES string of the molecule is CCn1cccc1COc1cc(F)cc(Oc2ccc(-c3nn(C4CCOCC4)c4ncnc(N)c34)cc2)c1. The molecule has 10 heteroatoms. The molecule has 0 radical (unpaired) electrons. The van der Waals surface area contributed by atoms with Crippen LogP contribution in [0.15, 0.2) is 67.1 Å². The van der Waals surface area contributed by atoms with Crippen LogP contribution in [0.1, 0.15) is 31.5 Å². The standard InChI is InChI=1S/C29H29FN6O3/c1-2-35-11-3-4-22(35)17-38-24-14-20(30)15-25(16-24)39-23-7-5-19(6-8-23)27-26-28(31)32-18-33-29(26)36(34-27)21-9-12-37-13-10-21/h3-8,11,14-16,18,21H,2,9-10,12-13,17H2,1H3,(H2,31,32,33). The number of nitrogens with zero attached hydrogens (tertiary/aromatic N) is 5. The number of ether oxygens (including phenoxy) is 3. The highest BCUT2D eigenvalue weighted by atomic mass is 19.1. The lowest BCUT2D eigenvalue weighted by molar-refractivity contribution is 0.0674. The van der Waals surface area contributed by atoms with Crippen LogP contribution in [0.4, 0.5) is 10.2 Å². The van der Waals surface area contributed by atoms with Gasteiger partial charge in [0.25, 0.3) is 0 Å². The lowest BCUT2D eigenvalue weighted by atomic mass is 10.1. The Balaban J connectivity index is 1.23. The minimum atomic E-state index is -0.439. The normalized spacial score (nSPS) is 14.1. The van der Waals surface area contributed by atoms with Gasteiger partial charge in [0.15, 0.2) is 5.65 Å². The van der Waals surface area contributed by atoms with E-state index >= 15 is 0 Å². The molecule has 0 saturated carbocycles. The third kappa shape index (κ3) is 5.15. The monoisotopic (exact) mass is 528 g/mol. The van der Waals surface area contributed by atoms with Gasteiger partial charge in [-0.1, -0.05) is 0 Å². The number of halogens is 1. The summed E-state index contributed by atoms with van der Waals surface area (Å²) in [5.74, 6) is 1.23. The van der Waals surface area contributed by atoms with Gasteiger partial charge in [-0.05, 0) is 56.2 Å². The highest BCUT2D eigenvalue weighted by Gasteiger charge is 2.24. The number of fused-ring (bicyclic) bond motifs is 1. The van der Waals surface area contributed by atoms with Crippen molar-refractivity contribution in [3.05, 3.63) is 78.6 Å². The molecule has 200 valence electrons. The molecular weight excluding hydrogens is 499 g/mol. The average molecular weight is 529 g/mol. The second-order valence-corrected chi connectivity index (χ2v) is 9.42. The van der Waals surface area contributed by atoms with Crippen molar-refractivity contribution in [3.8, 4) is 28.5 Å². The Kier molecular flexibility index (Phi) is 6.85. The van der Waals surface area contributed by atoms with Crippen LogP contribution in [0, 0.1) is 5.82 Å². The van der Waals surface area contributed by atoms with E-state index in [1.54, 1.807) is 6.07 Å². The van der Waals surface area contributed by atoms with Gasteiger partial charge < -0.3 is 24.5 Å². The molecule has 1 fully saturated rings. The van der Waals surface area contributed by atoms with E-state index in [9.17, 15) is 4.39 Å². The van der Waals surface area contributed by atoms with Crippen molar-refractivity contribution in [2.75, 3.05) is 18.9 Å². The minimum Gasteiger partial charge on any atom is -0.487 e. The molecule has 1 saturated heterocycles. The molecule has 4 heterocycles. The van der Waals surface area contributed by atoms with E-state index in [4.69, 9.17) is 25.0 Å². The molecule has 9 nitrogen and oxygen atoms in total. The van der Waals surface area contributed by atoms with Crippen molar-refractivity contribution in [2.45, 2.75) is 39.0 Å². The molecule has 6 rings (SSSR count). The largest absolute Gasteiger partial charge is 0.487 e. The van der Waals surface area contributed by atoms with E-state index in [1.807, 2.05) is 47.3 Å². The van der Waals surface area contributed by atoms with Gasteiger partial charge in [0.2, 0.25) is 0 Å². The first kappa shape index (κ1) is 24.9. The molecule has 1 aliphatic rings. The number of hydrogen-bond acceptors (Lipinski definition) is 7. The van der Waals surface area contributed by atoms with E-state index in [-0.39, 0.29) is 6.04 Å². The molecule has 3 aromatic heterocycles. The predicted octanol–water partition coefficient (Wildman–Crippen LogP) is 5.76. The lowest BCUT2D eigenvalue weighted by Crippen LogP contribution is -2.20. The zero-order valence-corrected chi connectivity index (χ0v) is 21.6. The van der Waals surface area contributed by atoms with Crippen LogP contribution in [0.5, 0.6) is 17.2 Å². The van der Waals surface area contributed by atoms with Gasteiger partial charge in [-0.2, -0.15) is 5.10 Å². The topological polar surface area (TPSA) is 102 Å². The number of aryl methyl sites for hydroxylation is 1. The summed E-state index contributed by atoms with van der Waals surface area (Å²) in [5, 5.41) is 5.63. The first-order valence-corrected chi connectivity index (χ1v) is 13.0. The van der Waals surface area contributed by atoms with Gasteiger partial charge in [0, 0.05) is 49.7 Å². The summed E-state index contributed by atoms with van der Waals surface area (Å²) in [6.07, 6.45) is 5.17. The number of rotatable bonds is 8. The van der Waals surface area contributed by atoms with Crippen molar-refractivity contribution in [1.82, 2.24) is 24.3 Å². The Bertz CT molecular complexity index is 1590. The molecule has 0 unspecified atom stereocenters. The van der Waals surface area contributed by atoms with Crippen LogP contribution in [-0.2, 0) is 17.9 Å². The van der Waals surface area contributed by atoms with E-state index in [0.29, 0.717) is 54.2 Å². The number of aromatic nitrogens is 5. The molecule has 1 aliphatic heterocycles. The second-order valence-electron chi connectivity index (χ2n) is 9.42. The van der Waals surface area contributed by atoms with Crippen molar-refractivity contribution < 1.29 is 18.6 Å². The highest BCUT2D eigenvalue weighted by molar-refractivity contribution is 5.98. The van der Waals surface area contributed by atoms with Crippen molar-refractivity contribution in [2.24, 2.45) is 0 Å². The van der Waals surface area contributed by atoms with E-state index in [1.165, 1.54) is 18.5 Å². The Morgan fingerprint density at radius 2 is 1.82 bits per heavy atom. The number of hydrogen-bond donors (Lipinski definition) is 1. The third-order valence-corrected chi connectivity index (χ3v) is 6.91. The third-order valence-electron chi connectivity index (χ3n) is 6.91. The Hall–Kier alpha value is -4.44. The number of anilines is 1. The molecule has 0 bridgehead atoms. The van der Waals surface area contributed by atoms with Crippen molar-refractivity contribution in [3.63, 3.8) is 0 Å². The Morgan fingerprint density at radius 3 is 2.62 bits per heavy atom. The van der Waals surface area contributed by atoms with Gasteiger partial charge in [-0.15, -0.1) is 0 Å². The smallest absolute Gasteiger partial charge is 0.164 e. The Labute approximate surface area is 225 Å². The fourth-order valence-corrected chi connectivity index (χ4v) is 4.92.